The molecule has 1 heterocycles. The molecule has 3 nitrogen and oxygen atoms in total. The van der Waals surface area contributed by atoms with Crippen molar-refractivity contribution in [2.24, 2.45) is 11.7 Å². The summed E-state index contributed by atoms with van der Waals surface area (Å²) in [5.41, 5.74) is 5.99. The van der Waals surface area contributed by atoms with E-state index < -0.39 is 0 Å². The molecule has 0 radical (unpaired) electrons. The quantitative estimate of drug-likeness (QED) is 0.860. The van der Waals surface area contributed by atoms with Gasteiger partial charge in [0.15, 0.2) is 0 Å². The summed E-state index contributed by atoms with van der Waals surface area (Å²) in [6.45, 7) is 0.725. The molecule has 17 heavy (non-hydrogen) atoms. The average molecular weight is 252 g/mol. The standard InChI is InChI=1S/C13H20N2OS/c14-12-6-2-1-5-11(12)13(16)15-8-7-10-4-3-9-17-10/h3-4,9,11-12H,1-2,5-8,14H2,(H,15,16). The number of nitrogens with one attached hydrogen (secondary N) is 1. The lowest BCUT2D eigenvalue weighted by Crippen LogP contribution is -2.44. The molecule has 1 aromatic rings. The number of amides is 1. The van der Waals surface area contributed by atoms with Gasteiger partial charge in [-0.05, 0) is 30.7 Å². The molecular formula is C13H20N2OS. The van der Waals surface area contributed by atoms with Crippen molar-refractivity contribution in [3.8, 4) is 0 Å². The van der Waals surface area contributed by atoms with Crippen molar-refractivity contribution in [1.82, 2.24) is 5.32 Å². The zero-order valence-electron chi connectivity index (χ0n) is 10.0. The summed E-state index contributed by atoms with van der Waals surface area (Å²) >= 11 is 1.73. The van der Waals surface area contributed by atoms with Crippen LogP contribution in [0.1, 0.15) is 30.6 Å². The van der Waals surface area contributed by atoms with Gasteiger partial charge in [0.05, 0.1) is 5.92 Å². The Labute approximate surface area is 106 Å². The van der Waals surface area contributed by atoms with E-state index in [4.69, 9.17) is 5.73 Å². The molecule has 0 spiro atoms. The van der Waals surface area contributed by atoms with E-state index in [0.29, 0.717) is 0 Å². The van der Waals surface area contributed by atoms with E-state index in [9.17, 15) is 4.79 Å². The van der Waals surface area contributed by atoms with Crippen LogP contribution in [0.4, 0.5) is 0 Å². The molecule has 0 bridgehead atoms. The Hall–Kier alpha value is -0.870. The molecule has 0 saturated heterocycles. The fourth-order valence-electron chi connectivity index (χ4n) is 2.38. The van der Waals surface area contributed by atoms with Crippen molar-refractivity contribution in [1.29, 1.82) is 0 Å². The molecule has 0 aliphatic heterocycles. The van der Waals surface area contributed by atoms with Gasteiger partial charge in [-0.25, -0.2) is 0 Å². The zero-order valence-corrected chi connectivity index (χ0v) is 10.8. The van der Waals surface area contributed by atoms with Crippen LogP contribution < -0.4 is 11.1 Å². The highest BCUT2D eigenvalue weighted by Gasteiger charge is 2.27. The molecule has 1 fully saturated rings. The summed E-state index contributed by atoms with van der Waals surface area (Å²) in [4.78, 5) is 13.3. The van der Waals surface area contributed by atoms with Gasteiger partial charge >= 0.3 is 0 Å². The lowest BCUT2D eigenvalue weighted by Gasteiger charge is -2.27. The fourth-order valence-corrected chi connectivity index (χ4v) is 3.09. The lowest BCUT2D eigenvalue weighted by molar-refractivity contribution is -0.126. The maximum atomic E-state index is 11.9. The maximum absolute atomic E-state index is 11.9. The van der Waals surface area contributed by atoms with Crippen LogP contribution in [0.5, 0.6) is 0 Å². The first-order valence-electron chi connectivity index (χ1n) is 6.33. The molecule has 1 saturated carbocycles. The topological polar surface area (TPSA) is 55.1 Å². The maximum Gasteiger partial charge on any atom is 0.224 e. The smallest absolute Gasteiger partial charge is 0.224 e. The van der Waals surface area contributed by atoms with Crippen molar-refractivity contribution in [2.75, 3.05) is 6.54 Å². The minimum Gasteiger partial charge on any atom is -0.355 e. The van der Waals surface area contributed by atoms with Gasteiger partial charge in [-0.15, -0.1) is 11.3 Å². The lowest BCUT2D eigenvalue weighted by atomic mass is 9.84. The Morgan fingerprint density at radius 2 is 2.29 bits per heavy atom. The second-order valence-electron chi connectivity index (χ2n) is 4.68. The van der Waals surface area contributed by atoms with E-state index >= 15 is 0 Å². The van der Waals surface area contributed by atoms with Crippen LogP contribution in [-0.2, 0) is 11.2 Å². The average Bonchev–Trinajstić information content (AvgIpc) is 2.82. The van der Waals surface area contributed by atoms with E-state index in [1.54, 1.807) is 11.3 Å². The van der Waals surface area contributed by atoms with Crippen LogP contribution in [0.25, 0.3) is 0 Å². The normalized spacial score (nSPS) is 24.5. The van der Waals surface area contributed by atoms with Crippen LogP contribution in [0.2, 0.25) is 0 Å². The summed E-state index contributed by atoms with van der Waals surface area (Å²) in [7, 11) is 0. The molecule has 3 N–H and O–H groups in total. The first-order valence-corrected chi connectivity index (χ1v) is 7.21. The molecule has 94 valence electrons. The third kappa shape index (κ3) is 3.54. The molecule has 2 rings (SSSR count). The molecule has 1 aliphatic carbocycles. The first kappa shape index (κ1) is 12.6. The number of nitrogens with two attached hydrogens (primary N) is 1. The Morgan fingerprint density at radius 3 is 3.00 bits per heavy atom. The predicted octanol–water partition coefficient (Wildman–Crippen LogP) is 1.92. The summed E-state index contributed by atoms with van der Waals surface area (Å²) in [6.07, 6.45) is 5.16. The molecule has 1 aliphatic rings. The van der Waals surface area contributed by atoms with E-state index in [0.717, 1.165) is 32.2 Å². The van der Waals surface area contributed by atoms with Crippen LogP contribution in [-0.4, -0.2) is 18.5 Å². The Balaban J connectivity index is 1.73. The van der Waals surface area contributed by atoms with Crippen molar-refractivity contribution < 1.29 is 4.79 Å². The fraction of sp³-hybridized carbons (Fsp3) is 0.615. The summed E-state index contributed by atoms with van der Waals surface area (Å²) in [6, 6.07) is 4.20. The van der Waals surface area contributed by atoms with E-state index in [1.807, 2.05) is 6.07 Å². The highest BCUT2D eigenvalue weighted by molar-refractivity contribution is 7.09. The van der Waals surface area contributed by atoms with Gasteiger partial charge in [0.2, 0.25) is 5.91 Å². The SMILES string of the molecule is NC1CCCCC1C(=O)NCCc1cccs1. The number of hydrogen-bond acceptors (Lipinski definition) is 3. The van der Waals surface area contributed by atoms with Gasteiger partial charge in [0.1, 0.15) is 0 Å². The minimum absolute atomic E-state index is 0.0343. The molecule has 1 amide bonds. The molecule has 0 aromatic carbocycles. The molecule has 1 aromatic heterocycles. The number of thiophene rings is 1. The largest absolute Gasteiger partial charge is 0.355 e. The summed E-state index contributed by atoms with van der Waals surface area (Å²) in [5.74, 6) is 0.181. The van der Waals surface area contributed by atoms with E-state index in [-0.39, 0.29) is 17.9 Å². The number of rotatable bonds is 4. The van der Waals surface area contributed by atoms with Crippen molar-refractivity contribution in [2.45, 2.75) is 38.1 Å². The molecule has 2 unspecified atom stereocenters. The van der Waals surface area contributed by atoms with Gasteiger partial charge < -0.3 is 11.1 Å². The van der Waals surface area contributed by atoms with E-state index in [1.165, 1.54) is 11.3 Å². The van der Waals surface area contributed by atoms with Crippen molar-refractivity contribution >= 4 is 17.2 Å². The number of carbonyl (C=O) groups excluding carboxylic acids is 1. The van der Waals surface area contributed by atoms with Crippen molar-refractivity contribution in [3.05, 3.63) is 22.4 Å². The van der Waals surface area contributed by atoms with Crippen LogP contribution in [0, 0.1) is 5.92 Å². The highest BCUT2D eigenvalue weighted by Crippen LogP contribution is 2.22. The summed E-state index contributed by atoms with van der Waals surface area (Å²) in [5, 5.41) is 5.07. The number of carbonyl (C=O) groups is 1. The van der Waals surface area contributed by atoms with Crippen LogP contribution >= 0.6 is 11.3 Å². The predicted molar refractivity (Wildman–Crippen MR) is 71.0 cm³/mol. The van der Waals surface area contributed by atoms with Gasteiger partial charge in [-0.3, -0.25) is 4.79 Å². The molecule has 4 heteroatoms. The number of hydrogen-bond donors (Lipinski definition) is 2. The monoisotopic (exact) mass is 252 g/mol. The molecule has 2 atom stereocenters. The van der Waals surface area contributed by atoms with Gasteiger partial charge in [-0.2, -0.15) is 0 Å². The minimum atomic E-state index is 0.0343. The third-order valence-electron chi connectivity index (χ3n) is 3.41. The van der Waals surface area contributed by atoms with Gasteiger partial charge in [-0.1, -0.05) is 18.9 Å². The second kappa shape index (κ2) is 6.17. The Morgan fingerprint density at radius 1 is 1.47 bits per heavy atom. The summed E-state index contributed by atoms with van der Waals surface area (Å²) < 4.78 is 0. The Bertz CT molecular complexity index is 350. The van der Waals surface area contributed by atoms with Crippen molar-refractivity contribution in [3.63, 3.8) is 0 Å². The second-order valence-corrected chi connectivity index (χ2v) is 5.71. The zero-order chi connectivity index (χ0) is 12.1. The third-order valence-corrected chi connectivity index (χ3v) is 4.34. The highest BCUT2D eigenvalue weighted by atomic mass is 32.1. The Kier molecular flexibility index (Phi) is 4.57. The van der Waals surface area contributed by atoms with Crippen LogP contribution in [0.15, 0.2) is 17.5 Å². The molecular weight excluding hydrogens is 232 g/mol. The van der Waals surface area contributed by atoms with Gasteiger partial charge in [0.25, 0.3) is 0 Å². The van der Waals surface area contributed by atoms with Gasteiger partial charge in [0, 0.05) is 17.5 Å². The first-order chi connectivity index (χ1) is 8.27. The van der Waals surface area contributed by atoms with Crippen LogP contribution in [0.3, 0.4) is 0 Å². The van der Waals surface area contributed by atoms with E-state index in [2.05, 4.69) is 16.8 Å².